The van der Waals surface area contributed by atoms with Crippen molar-refractivity contribution in [2.45, 2.75) is 19.0 Å². The van der Waals surface area contributed by atoms with E-state index in [1.54, 1.807) is 0 Å². The van der Waals surface area contributed by atoms with Crippen LogP contribution in [0.1, 0.15) is 21.9 Å². The third kappa shape index (κ3) is 3.61. The number of thiazole rings is 1. The first-order valence-corrected chi connectivity index (χ1v) is 7.48. The molecule has 18 heavy (non-hydrogen) atoms. The Labute approximate surface area is 112 Å². The summed E-state index contributed by atoms with van der Waals surface area (Å²) >= 11 is 3.05. The number of carboxylic acid groups (broad SMARTS) is 1. The molecule has 0 aromatic carbocycles. The quantitative estimate of drug-likeness (QED) is 0.772. The molecule has 1 aromatic rings. The molecule has 1 aliphatic rings. The summed E-state index contributed by atoms with van der Waals surface area (Å²) in [4.78, 5) is 26.1. The lowest BCUT2D eigenvalue weighted by molar-refractivity contribution is 0.0691. The van der Waals surface area contributed by atoms with E-state index in [2.05, 4.69) is 15.6 Å². The van der Waals surface area contributed by atoms with Gasteiger partial charge in [-0.3, -0.25) is 0 Å². The highest BCUT2D eigenvalue weighted by molar-refractivity contribution is 7.99. The van der Waals surface area contributed by atoms with E-state index in [1.807, 2.05) is 11.8 Å². The zero-order chi connectivity index (χ0) is 13.0. The molecule has 1 unspecified atom stereocenters. The van der Waals surface area contributed by atoms with Gasteiger partial charge in [0.05, 0.1) is 6.54 Å². The molecular weight excluding hydrogens is 274 g/mol. The number of carbonyl (C=O) groups is 2. The number of rotatable bonds is 4. The first-order chi connectivity index (χ1) is 8.65. The molecule has 0 spiro atoms. The summed E-state index contributed by atoms with van der Waals surface area (Å²) in [5, 5.41) is 16.3. The second-order valence-electron chi connectivity index (χ2n) is 3.82. The smallest absolute Gasteiger partial charge is 0.355 e. The van der Waals surface area contributed by atoms with Crippen LogP contribution < -0.4 is 10.6 Å². The van der Waals surface area contributed by atoms with Gasteiger partial charge in [0.15, 0.2) is 5.69 Å². The number of aromatic carboxylic acids is 1. The summed E-state index contributed by atoms with van der Waals surface area (Å²) in [6.07, 6.45) is 0.999. The van der Waals surface area contributed by atoms with Crippen LogP contribution in [-0.2, 0) is 6.54 Å². The SMILES string of the molecule is O=C(NCc1nc(C(=O)O)cs1)NC1CCSC1. The molecule has 98 valence electrons. The first kappa shape index (κ1) is 13.2. The normalized spacial score (nSPS) is 18.6. The number of nitrogens with zero attached hydrogens (tertiary/aromatic N) is 1. The minimum Gasteiger partial charge on any atom is -0.476 e. The third-order valence-corrected chi connectivity index (χ3v) is 4.45. The number of carboxylic acids is 1. The Hall–Kier alpha value is -1.28. The highest BCUT2D eigenvalue weighted by Crippen LogP contribution is 2.16. The lowest BCUT2D eigenvalue weighted by Crippen LogP contribution is -2.41. The molecule has 1 atom stereocenters. The van der Waals surface area contributed by atoms with Crippen molar-refractivity contribution in [1.82, 2.24) is 15.6 Å². The molecule has 0 radical (unpaired) electrons. The Kier molecular flexibility index (Phi) is 4.43. The van der Waals surface area contributed by atoms with Crippen LogP contribution in [0.3, 0.4) is 0 Å². The van der Waals surface area contributed by atoms with Crippen molar-refractivity contribution in [2.24, 2.45) is 0 Å². The Morgan fingerprint density at radius 3 is 3.00 bits per heavy atom. The summed E-state index contributed by atoms with van der Waals surface area (Å²) in [7, 11) is 0. The summed E-state index contributed by atoms with van der Waals surface area (Å²) in [6, 6.07) is 0.00968. The molecule has 1 saturated heterocycles. The van der Waals surface area contributed by atoms with Crippen LogP contribution in [0.25, 0.3) is 0 Å². The fourth-order valence-corrected chi connectivity index (χ4v) is 3.39. The Bertz CT molecular complexity index is 443. The van der Waals surface area contributed by atoms with Gasteiger partial charge in [-0.25, -0.2) is 14.6 Å². The molecule has 1 aliphatic heterocycles. The number of carbonyl (C=O) groups excluding carboxylic acids is 1. The molecule has 0 aliphatic carbocycles. The van der Waals surface area contributed by atoms with Crippen molar-refractivity contribution >= 4 is 35.1 Å². The van der Waals surface area contributed by atoms with Crippen molar-refractivity contribution in [2.75, 3.05) is 11.5 Å². The van der Waals surface area contributed by atoms with Gasteiger partial charge in [0, 0.05) is 17.2 Å². The van der Waals surface area contributed by atoms with Crippen molar-refractivity contribution < 1.29 is 14.7 Å². The van der Waals surface area contributed by atoms with Gasteiger partial charge in [-0.15, -0.1) is 11.3 Å². The van der Waals surface area contributed by atoms with E-state index in [-0.39, 0.29) is 24.3 Å². The Morgan fingerprint density at radius 2 is 2.39 bits per heavy atom. The van der Waals surface area contributed by atoms with Crippen LogP contribution in [0.2, 0.25) is 0 Å². The van der Waals surface area contributed by atoms with Crippen LogP contribution in [0.4, 0.5) is 4.79 Å². The molecule has 1 aromatic heterocycles. The van der Waals surface area contributed by atoms with E-state index >= 15 is 0 Å². The van der Waals surface area contributed by atoms with Crippen molar-refractivity contribution in [3.63, 3.8) is 0 Å². The minimum absolute atomic E-state index is 0.0180. The number of urea groups is 1. The van der Waals surface area contributed by atoms with Gasteiger partial charge in [0.25, 0.3) is 0 Å². The predicted octanol–water partition coefficient (Wildman–Crippen LogP) is 1.15. The lowest BCUT2D eigenvalue weighted by atomic mass is 10.3. The minimum atomic E-state index is -1.05. The van der Waals surface area contributed by atoms with Gasteiger partial charge < -0.3 is 15.7 Å². The number of amides is 2. The maximum absolute atomic E-state index is 11.5. The van der Waals surface area contributed by atoms with E-state index in [9.17, 15) is 9.59 Å². The standard InChI is InChI=1S/C10H13N3O3S2/c14-9(15)7-5-18-8(13-7)3-11-10(16)12-6-1-2-17-4-6/h5-6H,1-4H2,(H,14,15)(H2,11,12,16). The lowest BCUT2D eigenvalue weighted by Gasteiger charge is -2.11. The molecule has 6 nitrogen and oxygen atoms in total. The third-order valence-electron chi connectivity index (χ3n) is 2.44. The second kappa shape index (κ2) is 6.05. The van der Waals surface area contributed by atoms with E-state index in [4.69, 9.17) is 5.11 Å². The predicted molar refractivity (Wildman–Crippen MR) is 70.2 cm³/mol. The number of thioether (sulfide) groups is 1. The zero-order valence-corrected chi connectivity index (χ0v) is 11.1. The second-order valence-corrected chi connectivity index (χ2v) is 5.91. The topological polar surface area (TPSA) is 91.3 Å². The average Bonchev–Trinajstić information content (AvgIpc) is 2.96. The molecule has 2 heterocycles. The molecule has 2 amide bonds. The number of hydrogen-bond acceptors (Lipinski definition) is 5. The van der Waals surface area contributed by atoms with Gasteiger partial charge in [-0.2, -0.15) is 11.8 Å². The van der Waals surface area contributed by atoms with Crippen molar-refractivity contribution in [3.05, 3.63) is 16.1 Å². The monoisotopic (exact) mass is 287 g/mol. The molecule has 2 rings (SSSR count). The van der Waals surface area contributed by atoms with Crippen LogP contribution >= 0.6 is 23.1 Å². The van der Waals surface area contributed by atoms with Gasteiger partial charge in [-0.1, -0.05) is 0 Å². The maximum atomic E-state index is 11.5. The Morgan fingerprint density at radius 1 is 1.56 bits per heavy atom. The maximum Gasteiger partial charge on any atom is 0.355 e. The van der Waals surface area contributed by atoms with E-state index in [0.717, 1.165) is 17.9 Å². The van der Waals surface area contributed by atoms with Crippen molar-refractivity contribution in [1.29, 1.82) is 0 Å². The molecule has 1 fully saturated rings. The number of nitrogens with one attached hydrogen (secondary N) is 2. The summed E-state index contributed by atoms with van der Waals surface area (Å²) in [6.45, 7) is 0.254. The number of hydrogen-bond donors (Lipinski definition) is 3. The van der Waals surface area contributed by atoms with Gasteiger partial charge in [0.2, 0.25) is 0 Å². The van der Waals surface area contributed by atoms with E-state index < -0.39 is 5.97 Å². The highest BCUT2D eigenvalue weighted by Gasteiger charge is 2.17. The Balaban J connectivity index is 1.76. The van der Waals surface area contributed by atoms with E-state index in [1.165, 1.54) is 16.7 Å². The average molecular weight is 287 g/mol. The van der Waals surface area contributed by atoms with Crippen LogP contribution in [0.5, 0.6) is 0 Å². The van der Waals surface area contributed by atoms with Gasteiger partial charge in [-0.05, 0) is 12.2 Å². The molecule has 3 N–H and O–H groups in total. The fraction of sp³-hybridized carbons (Fsp3) is 0.500. The summed E-state index contributed by atoms with van der Waals surface area (Å²) < 4.78 is 0. The van der Waals surface area contributed by atoms with Crippen LogP contribution in [0.15, 0.2) is 5.38 Å². The molecule has 0 bridgehead atoms. The summed E-state index contributed by atoms with van der Waals surface area (Å²) in [5.41, 5.74) is 0.0180. The molecule has 0 saturated carbocycles. The number of aromatic nitrogens is 1. The van der Waals surface area contributed by atoms with E-state index in [0.29, 0.717) is 5.01 Å². The zero-order valence-electron chi connectivity index (χ0n) is 9.51. The summed E-state index contributed by atoms with van der Waals surface area (Å²) in [5.74, 6) is 0.984. The van der Waals surface area contributed by atoms with Gasteiger partial charge >= 0.3 is 12.0 Å². The van der Waals surface area contributed by atoms with Gasteiger partial charge in [0.1, 0.15) is 5.01 Å². The highest BCUT2D eigenvalue weighted by atomic mass is 32.2. The fourth-order valence-electron chi connectivity index (χ4n) is 1.53. The first-order valence-electron chi connectivity index (χ1n) is 5.45. The molecule has 8 heteroatoms. The van der Waals surface area contributed by atoms with Crippen molar-refractivity contribution in [3.8, 4) is 0 Å². The molecular formula is C10H13N3O3S2. The largest absolute Gasteiger partial charge is 0.476 e. The van der Waals surface area contributed by atoms with Crippen LogP contribution in [-0.4, -0.2) is 39.6 Å². The van der Waals surface area contributed by atoms with Crippen LogP contribution in [0, 0.1) is 0 Å².